The molecule has 0 saturated carbocycles. The lowest BCUT2D eigenvalue weighted by molar-refractivity contribution is 0.777. The highest BCUT2D eigenvalue weighted by molar-refractivity contribution is 6.30. The molecular formula is C14H14ClN5. The van der Waals surface area contributed by atoms with Crippen LogP contribution in [0.15, 0.2) is 36.9 Å². The molecule has 2 aromatic heterocycles. The number of aromatic nitrogens is 4. The second kappa shape index (κ2) is 5.46. The van der Waals surface area contributed by atoms with Crippen molar-refractivity contribution in [3.05, 3.63) is 47.5 Å². The van der Waals surface area contributed by atoms with E-state index in [2.05, 4.69) is 27.2 Å². The predicted molar refractivity (Wildman–Crippen MR) is 79.8 cm³/mol. The molecule has 0 radical (unpaired) electrons. The van der Waals surface area contributed by atoms with Crippen molar-refractivity contribution in [2.24, 2.45) is 0 Å². The fourth-order valence-corrected chi connectivity index (χ4v) is 2.16. The van der Waals surface area contributed by atoms with Crippen LogP contribution in [0.3, 0.4) is 0 Å². The number of halogens is 1. The zero-order chi connectivity index (χ0) is 13.9. The number of nitrogens with one attached hydrogen (secondary N) is 1. The van der Waals surface area contributed by atoms with Gasteiger partial charge in [0.15, 0.2) is 11.5 Å². The van der Waals surface area contributed by atoms with Gasteiger partial charge in [0.2, 0.25) is 0 Å². The number of benzene rings is 1. The number of anilines is 1. The number of nitrogens with zero attached hydrogens (tertiary/aromatic N) is 4. The van der Waals surface area contributed by atoms with Crippen molar-refractivity contribution in [3.63, 3.8) is 0 Å². The molecule has 0 aliphatic rings. The Labute approximate surface area is 121 Å². The van der Waals surface area contributed by atoms with E-state index in [0.29, 0.717) is 6.54 Å². The minimum absolute atomic E-state index is 0.669. The van der Waals surface area contributed by atoms with Crippen LogP contribution in [0.5, 0.6) is 0 Å². The molecule has 0 spiro atoms. The second-order valence-corrected chi connectivity index (χ2v) is 4.84. The molecular weight excluding hydrogens is 274 g/mol. The zero-order valence-electron chi connectivity index (χ0n) is 11.0. The summed E-state index contributed by atoms with van der Waals surface area (Å²) in [6.45, 7) is 3.57. The molecule has 0 fully saturated rings. The first-order valence-corrected chi connectivity index (χ1v) is 6.80. The van der Waals surface area contributed by atoms with Gasteiger partial charge in [0.25, 0.3) is 0 Å². The van der Waals surface area contributed by atoms with Gasteiger partial charge in [0.05, 0.1) is 6.33 Å². The normalized spacial score (nSPS) is 10.9. The van der Waals surface area contributed by atoms with Crippen LogP contribution in [0, 0.1) is 0 Å². The van der Waals surface area contributed by atoms with Crippen molar-refractivity contribution in [2.45, 2.75) is 20.0 Å². The predicted octanol–water partition coefficient (Wildman–Crippen LogP) is 3.11. The van der Waals surface area contributed by atoms with Crippen molar-refractivity contribution in [3.8, 4) is 0 Å². The molecule has 0 atom stereocenters. The van der Waals surface area contributed by atoms with Crippen LogP contribution >= 0.6 is 11.6 Å². The smallest absolute Gasteiger partial charge is 0.165 e. The molecule has 0 unspecified atom stereocenters. The first-order chi connectivity index (χ1) is 9.78. The Morgan fingerprint density at radius 1 is 1.15 bits per heavy atom. The number of fused-ring (bicyclic) bond motifs is 1. The van der Waals surface area contributed by atoms with E-state index < -0.39 is 0 Å². The molecule has 1 N–H and O–H groups in total. The fraction of sp³-hybridized carbons (Fsp3) is 0.214. The van der Waals surface area contributed by atoms with E-state index in [1.54, 1.807) is 12.7 Å². The van der Waals surface area contributed by atoms with Crippen molar-refractivity contribution in [2.75, 3.05) is 5.32 Å². The highest BCUT2D eigenvalue weighted by Crippen LogP contribution is 2.18. The number of rotatable bonds is 4. The van der Waals surface area contributed by atoms with Crippen LogP contribution in [0.1, 0.15) is 12.5 Å². The monoisotopic (exact) mass is 287 g/mol. The first-order valence-electron chi connectivity index (χ1n) is 6.42. The van der Waals surface area contributed by atoms with E-state index in [9.17, 15) is 0 Å². The number of imidazole rings is 1. The largest absolute Gasteiger partial charge is 0.364 e. The van der Waals surface area contributed by atoms with E-state index in [1.807, 2.05) is 28.8 Å². The molecule has 3 aromatic rings. The molecule has 0 amide bonds. The summed E-state index contributed by atoms with van der Waals surface area (Å²) in [7, 11) is 0. The summed E-state index contributed by atoms with van der Waals surface area (Å²) >= 11 is 5.87. The number of hydrogen-bond acceptors (Lipinski definition) is 4. The Morgan fingerprint density at radius 2 is 1.95 bits per heavy atom. The van der Waals surface area contributed by atoms with Gasteiger partial charge in [-0.1, -0.05) is 23.7 Å². The number of hydrogen-bond donors (Lipinski definition) is 1. The van der Waals surface area contributed by atoms with Gasteiger partial charge in [-0.05, 0) is 24.6 Å². The lowest BCUT2D eigenvalue weighted by Gasteiger charge is -2.06. The molecule has 0 saturated heterocycles. The Balaban J connectivity index is 1.84. The fourth-order valence-electron chi connectivity index (χ4n) is 2.03. The molecule has 5 nitrogen and oxygen atoms in total. The third kappa shape index (κ3) is 2.44. The van der Waals surface area contributed by atoms with Crippen molar-refractivity contribution >= 4 is 28.6 Å². The summed E-state index contributed by atoms with van der Waals surface area (Å²) in [5.41, 5.74) is 2.78. The van der Waals surface area contributed by atoms with Gasteiger partial charge >= 0.3 is 0 Å². The van der Waals surface area contributed by atoms with Gasteiger partial charge in [0, 0.05) is 18.1 Å². The average Bonchev–Trinajstić information content (AvgIpc) is 2.90. The molecule has 2 heterocycles. The minimum Gasteiger partial charge on any atom is -0.364 e. The quantitative estimate of drug-likeness (QED) is 0.801. The number of aryl methyl sites for hydroxylation is 1. The average molecular weight is 288 g/mol. The van der Waals surface area contributed by atoms with E-state index in [0.717, 1.165) is 34.1 Å². The minimum atomic E-state index is 0.669. The maximum absolute atomic E-state index is 5.87. The third-order valence-electron chi connectivity index (χ3n) is 3.12. The summed E-state index contributed by atoms with van der Waals surface area (Å²) in [6, 6.07) is 7.72. The van der Waals surface area contributed by atoms with Crippen LogP contribution in [-0.2, 0) is 13.1 Å². The molecule has 102 valence electrons. The van der Waals surface area contributed by atoms with E-state index >= 15 is 0 Å². The second-order valence-electron chi connectivity index (χ2n) is 4.41. The van der Waals surface area contributed by atoms with E-state index in [-0.39, 0.29) is 0 Å². The van der Waals surface area contributed by atoms with Crippen LogP contribution in [0.25, 0.3) is 11.2 Å². The molecule has 1 aromatic carbocycles. The summed E-state index contributed by atoms with van der Waals surface area (Å²) in [5.74, 6) is 0.747. The standard InChI is InChI=1S/C14H14ClN5/c1-2-20-9-19-12-13(17-8-18-14(12)20)16-7-10-3-5-11(15)6-4-10/h3-6,8-9H,2,7H2,1H3,(H,16,17,18). The molecule has 0 aliphatic carbocycles. The Kier molecular flexibility index (Phi) is 3.52. The van der Waals surface area contributed by atoms with Crippen molar-refractivity contribution in [1.29, 1.82) is 0 Å². The van der Waals surface area contributed by atoms with Gasteiger partial charge in [-0.3, -0.25) is 0 Å². The molecule has 3 rings (SSSR count). The summed E-state index contributed by atoms with van der Waals surface area (Å²) in [5, 5.41) is 4.03. The SMILES string of the molecule is CCn1cnc2c(NCc3ccc(Cl)cc3)ncnc21. The van der Waals surface area contributed by atoms with Crippen LogP contribution in [0.2, 0.25) is 5.02 Å². The first kappa shape index (κ1) is 12.9. The van der Waals surface area contributed by atoms with Crippen molar-refractivity contribution < 1.29 is 0 Å². The van der Waals surface area contributed by atoms with Crippen LogP contribution < -0.4 is 5.32 Å². The lowest BCUT2D eigenvalue weighted by atomic mass is 10.2. The Hall–Kier alpha value is -2.14. The van der Waals surface area contributed by atoms with Gasteiger partial charge in [-0.15, -0.1) is 0 Å². The lowest BCUT2D eigenvalue weighted by Crippen LogP contribution is -2.03. The highest BCUT2D eigenvalue weighted by Gasteiger charge is 2.08. The van der Waals surface area contributed by atoms with Gasteiger partial charge in [-0.2, -0.15) is 0 Å². The molecule has 0 aliphatic heterocycles. The van der Waals surface area contributed by atoms with E-state index in [1.165, 1.54) is 0 Å². The topological polar surface area (TPSA) is 55.6 Å². The summed E-state index contributed by atoms with van der Waals surface area (Å²) in [6.07, 6.45) is 3.34. The Morgan fingerprint density at radius 3 is 2.70 bits per heavy atom. The summed E-state index contributed by atoms with van der Waals surface area (Å²) in [4.78, 5) is 12.9. The zero-order valence-corrected chi connectivity index (χ0v) is 11.8. The maximum atomic E-state index is 5.87. The van der Waals surface area contributed by atoms with E-state index in [4.69, 9.17) is 11.6 Å². The molecule has 6 heteroatoms. The maximum Gasteiger partial charge on any atom is 0.165 e. The molecule has 20 heavy (non-hydrogen) atoms. The van der Waals surface area contributed by atoms with Gasteiger partial charge in [0.1, 0.15) is 11.8 Å². The van der Waals surface area contributed by atoms with Crippen molar-refractivity contribution in [1.82, 2.24) is 19.5 Å². The Bertz CT molecular complexity index is 720. The summed E-state index contributed by atoms with van der Waals surface area (Å²) < 4.78 is 1.99. The highest BCUT2D eigenvalue weighted by atomic mass is 35.5. The van der Waals surface area contributed by atoms with Gasteiger partial charge < -0.3 is 9.88 Å². The molecule has 0 bridgehead atoms. The van der Waals surface area contributed by atoms with Crippen LogP contribution in [-0.4, -0.2) is 19.5 Å². The van der Waals surface area contributed by atoms with Gasteiger partial charge in [-0.25, -0.2) is 15.0 Å². The third-order valence-corrected chi connectivity index (χ3v) is 3.37. The van der Waals surface area contributed by atoms with Crippen LogP contribution in [0.4, 0.5) is 5.82 Å².